The van der Waals surface area contributed by atoms with Gasteiger partial charge in [0.2, 0.25) is 5.91 Å². The number of unbranched alkanes of at least 4 members (excludes halogenated alkanes) is 36. The number of hydrogen-bond acceptors (Lipinski definition) is 5. The lowest BCUT2D eigenvalue weighted by atomic mass is 10.0. The Hall–Kier alpha value is -1.14. The van der Waals surface area contributed by atoms with Gasteiger partial charge in [0.05, 0.1) is 25.4 Å². The van der Waals surface area contributed by atoms with Gasteiger partial charge >= 0.3 is 5.97 Å². The van der Waals surface area contributed by atoms with Gasteiger partial charge in [0.15, 0.2) is 0 Å². The van der Waals surface area contributed by atoms with Gasteiger partial charge in [-0.2, -0.15) is 0 Å². The number of ether oxygens (including phenoxy) is 1. The Kier molecular flexibility index (Phi) is 45.6. The van der Waals surface area contributed by atoms with Gasteiger partial charge in [0.1, 0.15) is 0 Å². The second kappa shape index (κ2) is 46.5. The van der Waals surface area contributed by atoms with E-state index in [-0.39, 0.29) is 18.5 Å². The first-order valence-corrected chi connectivity index (χ1v) is 25.3. The SMILES string of the molecule is CCCCCCCCCCCCCCCCCCC(=O)OCCCCCCCCCCCC(=O)NC(CO)C(O)CCCCCCCCCCCCCCCC. The monoisotopic (exact) mass is 794 g/mol. The van der Waals surface area contributed by atoms with Crippen molar-refractivity contribution in [3.8, 4) is 0 Å². The summed E-state index contributed by atoms with van der Waals surface area (Å²) in [6.07, 6.45) is 50.6. The van der Waals surface area contributed by atoms with Crippen molar-refractivity contribution in [2.45, 2.75) is 296 Å². The molecule has 0 saturated heterocycles. The first kappa shape index (κ1) is 54.9. The Morgan fingerprint density at radius 1 is 0.429 bits per heavy atom. The van der Waals surface area contributed by atoms with Gasteiger partial charge in [-0.05, 0) is 25.7 Å². The van der Waals surface area contributed by atoms with E-state index >= 15 is 0 Å². The van der Waals surface area contributed by atoms with E-state index in [1.54, 1.807) is 0 Å². The predicted octanol–water partition coefficient (Wildman–Crippen LogP) is 14.8. The second-order valence-electron chi connectivity index (χ2n) is 17.5. The highest BCUT2D eigenvalue weighted by Crippen LogP contribution is 2.17. The standard InChI is InChI=1S/C50H99NO5/c1-3-5-7-9-11-13-15-17-19-20-22-24-28-32-36-40-44-50(55)56-45-41-37-33-29-25-27-31-35-39-43-49(54)51-47(46-52)48(53)42-38-34-30-26-23-21-18-16-14-12-10-8-6-4-2/h47-48,52-53H,3-46H2,1-2H3,(H,51,54). The zero-order valence-electron chi connectivity index (χ0n) is 37.9. The molecule has 0 heterocycles. The fraction of sp³-hybridized carbons (Fsp3) is 0.960. The number of carbonyl (C=O) groups is 2. The molecule has 334 valence electrons. The Morgan fingerprint density at radius 3 is 1.09 bits per heavy atom. The topological polar surface area (TPSA) is 95.9 Å². The quantitative estimate of drug-likeness (QED) is 0.0421. The lowest BCUT2D eigenvalue weighted by Crippen LogP contribution is -2.45. The van der Waals surface area contributed by atoms with Crippen LogP contribution in [0.2, 0.25) is 0 Å². The Bertz CT molecular complexity index is 791. The molecule has 0 rings (SSSR count). The van der Waals surface area contributed by atoms with E-state index in [0.717, 1.165) is 57.8 Å². The van der Waals surface area contributed by atoms with Crippen molar-refractivity contribution in [3.63, 3.8) is 0 Å². The average molecular weight is 794 g/mol. The van der Waals surface area contributed by atoms with Crippen molar-refractivity contribution in [3.05, 3.63) is 0 Å². The molecule has 6 heteroatoms. The average Bonchev–Trinajstić information content (AvgIpc) is 3.20. The Balaban J connectivity index is 3.46. The molecule has 0 aromatic heterocycles. The second-order valence-corrected chi connectivity index (χ2v) is 17.5. The first-order valence-electron chi connectivity index (χ1n) is 25.3. The molecular formula is C50H99NO5. The van der Waals surface area contributed by atoms with E-state index in [1.807, 2.05) is 0 Å². The van der Waals surface area contributed by atoms with Gasteiger partial charge in [0, 0.05) is 12.8 Å². The molecule has 0 bridgehead atoms. The van der Waals surface area contributed by atoms with Gasteiger partial charge in [-0.25, -0.2) is 0 Å². The fourth-order valence-electron chi connectivity index (χ4n) is 7.99. The maximum absolute atomic E-state index is 12.4. The van der Waals surface area contributed by atoms with Crippen LogP contribution in [0.4, 0.5) is 0 Å². The Labute approximate surface area is 349 Å². The molecule has 0 radical (unpaired) electrons. The number of hydrogen-bond donors (Lipinski definition) is 3. The molecule has 0 aromatic rings. The fourth-order valence-corrected chi connectivity index (χ4v) is 7.99. The van der Waals surface area contributed by atoms with Crippen LogP contribution in [0.1, 0.15) is 284 Å². The van der Waals surface area contributed by atoms with Gasteiger partial charge in [-0.15, -0.1) is 0 Å². The van der Waals surface area contributed by atoms with Crippen LogP contribution in [-0.2, 0) is 14.3 Å². The molecule has 56 heavy (non-hydrogen) atoms. The molecule has 2 atom stereocenters. The van der Waals surface area contributed by atoms with Gasteiger partial charge in [-0.1, -0.05) is 245 Å². The summed E-state index contributed by atoms with van der Waals surface area (Å²) < 4.78 is 5.46. The van der Waals surface area contributed by atoms with Gasteiger partial charge in [-0.3, -0.25) is 9.59 Å². The third kappa shape index (κ3) is 42.5. The minimum atomic E-state index is -0.679. The summed E-state index contributed by atoms with van der Waals surface area (Å²) in [7, 11) is 0. The molecule has 0 fully saturated rings. The highest BCUT2D eigenvalue weighted by Gasteiger charge is 2.20. The summed E-state index contributed by atoms with van der Waals surface area (Å²) in [6.45, 7) is 4.90. The van der Waals surface area contributed by atoms with Crippen LogP contribution < -0.4 is 5.32 Å². The summed E-state index contributed by atoms with van der Waals surface area (Å²) in [6, 6.07) is -0.559. The molecule has 2 unspecified atom stereocenters. The molecule has 3 N–H and O–H groups in total. The third-order valence-electron chi connectivity index (χ3n) is 11.9. The summed E-state index contributed by atoms with van der Waals surface area (Å²) >= 11 is 0. The number of esters is 1. The smallest absolute Gasteiger partial charge is 0.305 e. The van der Waals surface area contributed by atoms with Gasteiger partial charge < -0.3 is 20.3 Å². The number of carbonyl (C=O) groups excluding carboxylic acids is 2. The van der Waals surface area contributed by atoms with E-state index in [1.165, 1.54) is 193 Å². The van der Waals surface area contributed by atoms with Crippen molar-refractivity contribution in [1.82, 2.24) is 5.32 Å². The molecule has 0 saturated carbocycles. The summed E-state index contributed by atoms with van der Waals surface area (Å²) in [5.41, 5.74) is 0. The summed E-state index contributed by atoms with van der Waals surface area (Å²) in [5.74, 6) is -0.0814. The maximum Gasteiger partial charge on any atom is 0.305 e. The minimum absolute atomic E-state index is 0.0210. The lowest BCUT2D eigenvalue weighted by Gasteiger charge is -2.22. The number of aliphatic hydroxyl groups is 2. The molecular weight excluding hydrogens is 695 g/mol. The maximum atomic E-state index is 12.4. The number of aliphatic hydroxyl groups excluding tert-OH is 2. The van der Waals surface area contributed by atoms with Crippen LogP contribution in [-0.4, -0.2) is 47.4 Å². The first-order chi connectivity index (χ1) is 27.5. The normalized spacial score (nSPS) is 12.6. The molecule has 0 aliphatic heterocycles. The molecule has 0 aliphatic carbocycles. The largest absolute Gasteiger partial charge is 0.466 e. The predicted molar refractivity (Wildman–Crippen MR) is 241 cm³/mol. The molecule has 6 nitrogen and oxygen atoms in total. The van der Waals surface area contributed by atoms with Crippen molar-refractivity contribution in [2.75, 3.05) is 13.2 Å². The summed E-state index contributed by atoms with van der Waals surface area (Å²) in [4.78, 5) is 24.5. The van der Waals surface area contributed by atoms with E-state index in [0.29, 0.717) is 25.9 Å². The summed E-state index contributed by atoms with van der Waals surface area (Å²) in [5, 5.41) is 23.2. The zero-order valence-corrected chi connectivity index (χ0v) is 37.9. The molecule has 0 aromatic carbocycles. The lowest BCUT2D eigenvalue weighted by molar-refractivity contribution is -0.143. The highest BCUT2D eigenvalue weighted by molar-refractivity contribution is 5.76. The van der Waals surface area contributed by atoms with Crippen molar-refractivity contribution >= 4 is 11.9 Å². The van der Waals surface area contributed by atoms with Crippen LogP contribution >= 0.6 is 0 Å². The zero-order chi connectivity index (χ0) is 40.8. The number of amides is 1. The van der Waals surface area contributed by atoms with E-state index in [9.17, 15) is 19.8 Å². The van der Waals surface area contributed by atoms with Crippen LogP contribution in [0.15, 0.2) is 0 Å². The van der Waals surface area contributed by atoms with Crippen molar-refractivity contribution < 1.29 is 24.5 Å². The van der Waals surface area contributed by atoms with Crippen molar-refractivity contribution in [1.29, 1.82) is 0 Å². The van der Waals surface area contributed by atoms with Crippen molar-refractivity contribution in [2.24, 2.45) is 0 Å². The molecule has 1 amide bonds. The molecule has 0 aliphatic rings. The minimum Gasteiger partial charge on any atom is -0.466 e. The van der Waals surface area contributed by atoms with E-state index in [2.05, 4.69) is 19.2 Å². The molecule has 0 spiro atoms. The van der Waals surface area contributed by atoms with E-state index in [4.69, 9.17) is 4.74 Å². The Morgan fingerprint density at radius 2 is 0.732 bits per heavy atom. The van der Waals surface area contributed by atoms with Crippen LogP contribution in [0.25, 0.3) is 0 Å². The van der Waals surface area contributed by atoms with E-state index < -0.39 is 12.1 Å². The van der Waals surface area contributed by atoms with Crippen LogP contribution in [0.5, 0.6) is 0 Å². The van der Waals surface area contributed by atoms with Gasteiger partial charge in [0.25, 0.3) is 0 Å². The third-order valence-corrected chi connectivity index (χ3v) is 11.9. The highest BCUT2D eigenvalue weighted by atomic mass is 16.5. The number of nitrogens with one attached hydrogen (secondary N) is 1. The number of rotatable bonds is 47. The van der Waals surface area contributed by atoms with Crippen LogP contribution in [0.3, 0.4) is 0 Å². The van der Waals surface area contributed by atoms with Crippen LogP contribution in [0, 0.1) is 0 Å².